The molecule has 0 amide bonds. The van der Waals surface area contributed by atoms with Crippen molar-refractivity contribution < 1.29 is 0 Å². The predicted octanol–water partition coefficient (Wildman–Crippen LogP) is 3.17. The first-order valence-corrected chi connectivity index (χ1v) is 6.72. The summed E-state index contributed by atoms with van der Waals surface area (Å²) in [5, 5.41) is 3.38. The highest BCUT2D eigenvalue weighted by Gasteiger charge is 2.01. The van der Waals surface area contributed by atoms with Gasteiger partial charge in [-0.2, -0.15) is 0 Å². The summed E-state index contributed by atoms with van der Waals surface area (Å²) in [5.41, 5.74) is 0. The van der Waals surface area contributed by atoms with E-state index in [0.29, 0.717) is 0 Å². The molecule has 1 N–H and O–H groups in total. The maximum atomic E-state index is 5.43. The molecular weight excluding hydrogens is 214 g/mol. The van der Waals surface area contributed by atoms with Gasteiger partial charge in [0, 0.05) is 17.2 Å². The summed E-state index contributed by atoms with van der Waals surface area (Å²) in [5.74, 6) is 3.84. The van der Waals surface area contributed by atoms with Gasteiger partial charge in [0.25, 0.3) is 0 Å². The maximum absolute atomic E-state index is 5.43. The quantitative estimate of drug-likeness (QED) is 0.441. The molecule has 0 aliphatic carbocycles. The molecule has 0 heterocycles. The van der Waals surface area contributed by atoms with Crippen LogP contribution in [0.4, 0.5) is 0 Å². The molecule has 0 aliphatic rings. The fourth-order valence-corrected chi connectivity index (χ4v) is 2.26. The van der Waals surface area contributed by atoms with Gasteiger partial charge in [-0.1, -0.05) is 37.5 Å². The zero-order valence-electron chi connectivity index (χ0n) is 9.78. The third-order valence-electron chi connectivity index (χ3n) is 2.28. The molecule has 1 aromatic rings. The minimum atomic E-state index is 0.237. The molecule has 0 aliphatic heterocycles. The van der Waals surface area contributed by atoms with Gasteiger partial charge >= 0.3 is 0 Å². The van der Waals surface area contributed by atoms with E-state index >= 15 is 0 Å². The SMILES string of the molecule is C#CC(CCC)NCCSc1ccccc1. The van der Waals surface area contributed by atoms with Crippen LogP contribution in [-0.2, 0) is 0 Å². The van der Waals surface area contributed by atoms with Crippen molar-refractivity contribution >= 4 is 11.8 Å². The van der Waals surface area contributed by atoms with Gasteiger partial charge in [0.15, 0.2) is 0 Å². The molecule has 0 bridgehead atoms. The van der Waals surface area contributed by atoms with Crippen LogP contribution in [0, 0.1) is 12.3 Å². The lowest BCUT2D eigenvalue weighted by molar-refractivity contribution is 0.584. The summed E-state index contributed by atoms with van der Waals surface area (Å²) in [6, 6.07) is 10.7. The van der Waals surface area contributed by atoms with Crippen LogP contribution < -0.4 is 5.32 Å². The largest absolute Gasteiger partial charge is 0.303 e. The van der Waals surface area contributed by atoms with Gasteiger partial charge in [0.1, 0.15) is 0 Å². The Bertz CT molecular complexity index is 315. The lowest BCUT2D eigenvalue weighted by Crippen LogP contribution is -2.29. The molecule has 0 fully saturated rings. The molecule has 1 aromatic carbocycles. The number of rotatable bonds is 7. The predicted molar refractivity (Wildman–Crippen MR) is 72.7 cm³/mol. The second kappa shape index (κ2) is 8.27. The number of hydrogen-bond acceptors (Lipinski definition) is 2. The average Bonchev–Trinajstić information content (AvgIpc) is 2.34. The summed E-state index contributed by atoms with van der Waals surface area (Å²) in [4.78, 5) is 1.32. The van der Waals surface area contributed by atoms with Gasteiger partial charge in [-0.3, -0.25) is 0 Å². The van der Waals surface area contributed by atoms with Crippen LogP contribution in [0.1, 0.15) is 19.8 Å². The zero-order valence-corrected chi connectivity index (χ0v) is 10.6. The molecule has 86 valence electrons. The van der Waals surface area contributed by atoms with Crippen LogP contribution in [0.15, 0.2) is 35.2 Å². The third-order valence-corrected chi connectivity index (χ3v) is 3.30. The Morgan fingerprint density at radius 2 is 2.12 bits per heavy atom. The highest BCUT2D eigenvalue weighted by atomic mass is 32.2. The Morgan fingerprint density at radius 3 is 2.75 bits per heavy atom. The van der Waals surface area contributed by atoms with Crippen LogP contribution in [0.5, 0.6) is 0 Å². The topological polar surface area (TPSA) is 12.0 Å². The minimum absolute atomic E-state index is 0.237. The van der Waals surface area contributed by atoms with Crippen LogP contribution in [0.2, 0.25) is 0 Å². The summed E-state index contributed by atoms with van der Waals surface area (Å²) >= 11 is 1.86. The molecular formula is C14H19NS. The van der Waals surface area contributed by atoms with Crippen LogP contribution in [-0.4, -0.2) is 18.3 Å². The molecule has 0 saturated heterocycles. The Labute approximate surface area is 103 Å². The van der Waals surface area contributed by atoms with Crippen molar-refractivity contribution in [3.8, 4) is 12.3 Å². The van der Waals surface area contributed by atoms with Crippen molar-refractivity contribution in [2.24, 2.45) is 0 Å². The highest BCUT2D eigenvalue weighted by Crippen LogP contribution is 2.15. The molecule has 1 atom stereocenters. The van der Waals surface area contributed by atoms with E-state index in [4.69, 9.17) is 6.42 Å². The summed E-state index contributed by atoms with van der Waals surface area (Å²) in [6.07, 6.45) is 7.63. The molecule has 0 saturated carbocycles. The van der Waals surface area contributed by atoms with Gasteiger partial charge in [-0.15, -0.1) is 18.2 Å². The smallest absolute Gasteiger partial charge is 0.0687 e. The van der Waals surface area contributed by atoms with Gasteiger partial charge < -0.3 is 5.32 Å². The molecule has 0 spiro atoms. The monoisotopic (exact) mass is 233 g/mol. The van der Waals surface area contributed by atoms with Crippen LogP contribution in [0.3, 0.4) is 0 Å². The van der Waals surface area contributed by atoms with E-state index in [1.807, 2.05) is 17.8 Å². The third kappa shape index (κ3) is 5.25. The molecule has 0 aromatic heterocycles. The van der Waals surface area contributed by atoms with E-state index in [1.165, 1.54) is 4.90 Å². The lowest BCUT2D eigenvalue weighted by Gasteiger charge is -2.11. The fraction of sp³-hybridized carbons (Fsp3) is 0.429. The van der Waals surface area contributed by atoms with Gasteiger partial charge in [0.2, 0.25) is 0 Å². The van der Waals surface area contributed by atoms with Gasteiger partial charge in [-0.05, 0) is 18.6 Å². The minimum Gasteiger partial charge on any atom is -0.303 e. The average molecular weight is 233 g/mol. The van der Waals surface area contributed by atoms with E-state index in [2.05, 4.69) is 42.4 Å². The van der Waals surface area contributed by atoms with E-state index in [-0.39, 0.29) is 6.04 Å². The number of thioether (sulfide) groups is 1. The highest BCUT2D eigenvalue weighted by molar-refractivity contribution is 7.99. The zero-order chi connectivity index (χ0) is 11.6. The summed E-state index contributed by atoms with van der Waals surface area (Å²) in [6.45, 7) is 3.12. The van der Waals surface area contributed by atoms with Crippen molar-refractivity contribution in [3.63, 3.8) is 0 Å². The molecule has 1 nitrogen and oxygen atoms in total. The van der Waals surface area contributed by atoms with E-state index < -0.39 is 0 Å². The first-order chi connectivity index (χ1) is 7.86. The second-order valence-electron chi connectivity index (χ2n) is 3.62. The van der Waals surface area contributed by atoms with Gasteiger partial charge in [-0.25, -0.2) is 0 Å². The van der Waals surface area contributed by atoms with Crippen molar-refractivity contribution in [1.29, 1.82) is 0 Å². The molecule has 0 radical (unpaired) electrons. The summed E-state index contributed by atoms with van der Waals surface area (Å²) < 4.78 is 0. The normalized spacial score (nSPS) is 12.0. The van der Waals surface area contributed by atoms with Crippen LogP contribution in [0.25, 0.3) is 0 Å². The van der Waals surface area contributed by atoms with Crippen molar-refractivity contribution in [2.45, 2.75) is 30.7 Å². The van der Waals surface area contributed by atoms with Gasteiger partial charge in [0.05, 0.1) is 6.04 Å². The number of nitrogens with one attached hydrogen (secondary N) is 1. The molecule has 1 unspecified atom stereocenters. The van der Waals surface area contributed by atoms with Crippen molar-refractivity contribution in [2.75, 3.05) is 12.3 Å². The second-order valence-corrected chi connectivity index (χ2v) is 4.79. The number of benzene rings is 1. The van der Waals surface area contributed by atoms with Crippen LogP contribution >= 0.6 is 11.8 Å². The Morgan fingerprint density at radius 1 is 1.38 bits per heavy atom. The van der Waals surface area contributed by atoms with E-state index in [0.717, 1.165) is 25.1 Å². The van der Waals surface area contributed by atoms with Crippen molar-refractivity contribution in [3.05, 3.63) is 30.3 Å². The number of hydrogen-bond donors (Lipinski definition) is 1. The van der Waals surface area contributed by atoms with E-state index in [1.54, 1.807) is 0 Å². The lowest BCUT2D eigenvalue weighted by atomic mass is 10.2. The first-order valence-electron chi connectivity index (χ1n) is 5.74. The Balaban J connectivity index is 2.14. The Hall–Kier alpha value is -0.910. The fourth-order valence-electron chi connectivity index (χ4n) is 1.45. The molecule has 1 rings (SSSR count). The molecule has 16 heavy (non-hydrogen) atoms. The molecule has 2 heteroatoms. The maximum Gasteiger partial charge on any atom is 0.0687 e. The van der Waals surface area contributed by atoms with Crippen molar-refractivity contribution in [1.82, 2.24) is 5.32 Å². The number of terminal acetylenes is 1. The summed E-state index contributed by atoms with van der Waals surface area (Å²) in [7, 11) is 0. The first kappa shape index (κ1) is 13.2. The van der Waals surface area contributed by atoms with E-state index in [9.17, 15) is 0 Å². The Kier molecular flexibility index (Phi) is 6.80. The standard InChI is InChI=1S/C14H19NS/c1-3-8-13(4-2)15-11-12-16-14-9-6-5-7-10-14/h2,5-7,9-10,13,15H,3,8,11-12H2,1H3.